The third kappa shape index (κ3) is 4.86. The van der Waals surface area contributed by atoms with E-state index < -0.39 is 16.1 Å². The summed E-state index contributed by atoms with van der Waals surface area (Å²) in [5.41, 5.74) is 0.0557. The van der Waals surface area contributed by atoms with Crippen LogP contribution in [0.15, 0.2) is 29.2 Å². The van der Waals surface area contributed by atoms with Crippen molar-refractivity contribution < 1.29 is 17.9 Å². The number of nitrogens with zero attached hydrogens (tertiary/aromatic N) is 2. The average molecular weight is 430 g/mol. The molecule has 0 aromatic heterocycles. The molecule has 1 amide bonds. The van der Waals surface area contributed by atoms with Crippen LogP contribution in [-0.4, -0.2) is 76.0 Å². The number of rotatable bonds is 5. The summed E-state index contributed by atoms with van der Waals surface area (Å²) in [5.74, 6) is -0.265. The molecule has 28 heavy (non-hydrogen) atoms. The Morgan fingerprint density at radius 3 is 2.64 bits per heavy atom. The Morgan fingerprint density at radius 1 is 1.29 bits per heavy atom. The third-order valence-electron chi connectivity index (χ3n) is 5.66. The van der Waals surface area contributed by atoms with Crippen LogP contribution < -0.4 is 5.32 Å². The molecule has 2 aliphatic heterocycles. The van der Waals surface area contributed by atoms with Crippen molar-refractivity contribution in [3.8, 4) is 0 Å². The van der Waals surface area contributed by atoms with Crippen molar-refractivity contribution in [3.05, 3.63) is 29.3 Å². The van der Waals surface area contributed by atoms with Crippen LogP contribution in [-0.2, 0) is 19.6 Å². The van der Waals surface area contributed by atoms with Crippen LogP contribution >= 0.6 is 11.6 Å². The molecule has 156 valence electrons. The monoisotopic (exact) mass is 429 g/mol. The Morgan fingerprint density at radius 2 is 1.96 bits per heavy atom. The van der Waals surface area contributed by atoms with Crippen LogP contribution in [0.3, 0.4) is 0 Å². The van der Waals surface area contributed by atoms with Gasteiger partial charge in [-0.05, 0) is 50.5 Å². The topological polar surface area (TPSA) is 79.0 Å². The largest absolute Gasteiger partial charge is 0.366 e. The maximum atomic E-state index is 12.9. The van der Waals surface area contributed by atoms with Crippen LogP contribution in [0.25, 0.3) is 0 Å². The number of morpholine rings is 1. The summed E-state index contributed by atoms with van der Waals surface area (Å²) in [7, 11) is -1.68. The van der Waals surface area contributed by atoms with Gasteiger partial charge in [0.05, 0.1) is 11.6 Å². The van der Waals surface area contributed by atoms with E-state index in [4.69, 9.17) is 16.3 Å². The first kappa shape index (κ1) is 21.5. The van der Waals surface area contributed by atoms with Gasteiger partial charge in [0.25, 0.3) is 5.91 Å². The number of hydrogen-bond donors (Lipinski definition) is 1. The van der Waals surface area contributed by atoms with Crippen LogP contribution in [0.5, 0.6) is 0 Å². The van der Waals surface area contributed by atoms with Crippen molar-refractivity contribution >= 4 is 27.5 Å². The summed E-state index contributed by atoms with van der Waals surface area (Å²) in [6, 6.07) is 6.33. The Kier molecular flexibility index (Phi) is 6.66. The lowest BCUT2D eigenvalue weighted by atomic mass is 9.80. The van der Waals surface area contributed by atoms with Crippen LogP contribution in [0.1, 0.15) is 19.8 Å². The van der Waals surface area contributed by atoms with E-state index >= 15 is 0 Å². The second kappa shape index (κ2) is 8.67. The number of amides is 1. The normalized spacial score (nSPS) is 24.0. The molecule has 1 unspecified atom stereocenters. The fourth-order valence-electron chi connectivity index (χ4n) is 3.55. The number of carbonyl (C=O) groups is 1. The zero-order chi connectivity index (χ0) is 20.4. The van der Waals surface area contributed by atoms with Crippen LogP contribution in [0, 0.1) is 5.41 Å². The predicted molar refractivity (Wildman–Crippen MR) is 108 cm³/mol. The van der Waals surface area contributed by atoms with Crippen molar-refractivity contribution in [2.45, 2.75) is 30.8 Å². The molecule has 0 bridgehead atoms. The van der Waals surface area contributed by atoms with Gasteiger partial charge in [0.15, 0.2) is 0 Å². The minimum Gasteiger partial charge on any atom is -0.366 e. The van der Waals surface area contributed by atoms with Gasteiger partial charge in [0.1, 0.15) is 11.0 Å². The molecule has 1 aromatic carbocycles. The molecule has 9 heteroatoms. The van der Waals surface area contributed by atoms with Gasteiger partial charge in [-0.3, -0.25) is 4.79 Å². The van der Waals surface area contributed by atoms with E-state index in [-0.39, 0.29) is 40.9 Å². The number of likely N-dealkylation sites (tertiary alicyclic amines) is 1. The maximum absolute atomic E-state index is 12.9. The minimum absolute atomic E-state index is 0.0150. The van der Waals surface area contributed by atoms with E-state index in [1.807, 2.05) is 0 Å². The maximum Gasteiger partial charge on any atom is 0.250 e. The smallest absolute Gasteiger partial charge is 0.250 e. The number of ether oxygens (including phenoxy) is 1. The Balaban J connectivity index is 1.61. The van der Waals surface area contributed by atoms with E-state index in [0.717, 1.165) is 25.9 Å². The number of carbonyl (C=O) groups excluding carboxylic acids is 1. The van der Waals surface area contributed by atoms with Gasteiger partial charge in [-0.25, -0.2) is 8.42 Å². The van der Waals surface area contributed by atoms with Gasteiger partial charge in [-0.2, -0.15) is 4.31 Å². The molecule has 0 spiro atoms. The molecule has 2 saturated heterocycles. The van der Waals surface area contributed by atoms with Crippen molar-refractivity contribution in [1.82, 2.24) is 14.5 Å². The summed E-state index contributed by atoms with van der Waals surface area (Å²) in [5, 5.41) is 3.14. The van der Waals surface area contributed by atoms with E-state index in [0.29, 0.717) is 6.54 Å². The molecular weight excluding hydrogens is 402 g/mol. The average Bonchev–Trinajstić information content (AvgIpc) is 2.69. The molecule has 0 radical (unpaired) electrons. The lowest BCUT2D eigenvalue weighted by molar-refractivity contribution is -0.136. The van der Waals surface area contributed by atoms with E-state index in [2.05, 4.69) is 24.2 Å². The lowest BCUT2D eigenvalue weighted by Gasteiger charge is -2.38. The zero-order valence-electron chi connectivity index (χ0n) is 16.4. The second-order valence-electron chi connectivity index (χ2n) is 7.98. The molecule has 1 atom stereocenters. The Bertz CT molecular complexity index is 809. The van der Waals surface area contributed by atoms with Gasteiger partial charge in [-0.15, -0.1) is 0 Å². The van der Waals surface area contributed by atoms with E-state index in [9.17, 15) is 13.2 Å². The highest BCUT2D eigenvalue weighted by Crippen LogP contribution is 2.29. The van der Waals surface area contributed by atoms with E-state index in [1.54, 1.807) is 18.2 Å². The number of benzene rings is 1. The number of nitrogens with one attached hydrogen (secondary N) is 1. The fourth-order valence-corrected chi connectivity index (χ4v) is 5.46. The number of halogens is 1. The van der Waals surface area contributed by atoms with Gasteiger partial charge in [-0.1, -0.05) is 30.7 Å². The molecule has 2 heterocycles. The highest BCUT2D eigenvalue weighted by Gasteiger charge is 2.36. The third-order valence-corrected chi connectivity index (χ3v) is 8.02. The molecule has 3 rings (SSSR count). The molecule has 0 aliphatic carbocycles. The SMILES string of the molecule is CN1CCC(C)(CNC(=O)C2CN(S(=O)(=O)c3ccccc3Cl)CCO2)CC1. The first-order chi connectivity index (χ1) is 13.2. The van der Waals surface area contributed by atoms with Crippen molar-refractivity contribution in [3.63, 3.8) is 0 Å². The second-order valence-corrected chi connectivity index (χ2v) is 10.3. The van der Waals surface area contributed by atoms with Crippen molar-refractivity contribution in [2.24, 2.45) is 5.41 Å². The summed E-state index contributed by atoms with van der Waals surface area (Å²) in [6.07, 6.45) is 1.21. The molecule has 0 saturated carbocycles. The van der Waals surface area contributed by atoms with Crippen LogP contribution in [0.2, 0.25) is 5.02 Å². The summed E-state index contributed by atoms with van der Waals surface area (Å²) in [4.78, 5) is 15.0. The highest BCUT2D eigenvalue weighted by molar-refractivity contribution is 7.89. The molecule has 1 N–H and O–H groups in total. The van der Waals surface area contributed by atoms with Gasteiger partial charge < -0.3 is 15.0 Å². The molecular formula is C19H28ClN3O4S. The van der Waals surface area contributed by atoms with Gasteiger partial charge >= 0.3 is 0 Å². The summed E-state index contributed by atoms with van der Waals surface area (Å²) in [6.45, 7) is 5.11. The van der Waals surface area contributed by atoms with Gasteiger partial charge in [0, 0.05) is 19.6 Å². The van der Waals surface area contributed by atoms with Gasteiger partial charge in [0.2, 0.25) is 10.0 Å². The van der Waals surface area contributed by atoms with Crippen molar-refractivity contribution in [2.75, 3.05) is 46.4 Å². The highest BCUT2D eigenvalue weighted by atomic mass is 35.5. The quantitative estimate of drug-likeness (QED) is 0.768. The Labute approximate surface area is 172 Å². The number of hydrogen-bond acceptors (Lipinski definition) is 5. The molecule has 2 aliphatic rings. The zero-order valence-corrected chi connectivity index (χ0v) is 17.9. The standard InChI is InChI=1S/C19H28ClN3O4S/c1-19(7-9-22(2)10-8-19)14-21-18(24)16-13-23(11-12-27-16)28(25,26)17-6-4-3-5-15(17)20/h3-6,16H,7-14H2,1-2H3,(H,21,24). The predicted octanol–water partition coefficient (Wildman–Crippen LogP) is 1.58. The minimum atomic E-state index is -3.78. The first-order valence-corrected chi connectivity index (χ1v) is 11.4. The summed E-state index contributed by atoms with van der Waals surface area (Å²) < 4.78 is 32.7. The molecule has 1 aromatic rings. The summed E-state index contributed by atoms with van der Waals surface area (Å²) >= 11 is 6.07. The molecule has 7 nitrogen and oxygen atoms in total. The van der Waals surface area contributed by atoms with Crippen molar-refractivity contribution in [1.29, 1.82) is 0 Å². The Hall–Kier alpha value is -1.19. The molecule has 2 fully saturated rings. The van der Waals surface area contributed by atoms with Crippen LogP contribution in [0.4, 0.5) is 0 Å². The first-order valence-electron chi connectivity index (χ1n) is 9.54. The van der Waals surface area contributed by atoms with E-state index in [1.165, 1.54) is 10.4 Å². The number of piperidine rings is 1. The lowest BCUT2D eigenvalue weighted by Crippen LogP contribution is -2.53. The fraction of sp³-hybridized carbons (Fsp3) is 0.632. The number of sulfonamides is 1.